The van der Waals surface area contributed by atoms with E-state index in [0.29, 0.717) is 77.3 Å². The van der Waals surface area contributed by atoms with Crippen LogP contribution < -0.4 is 29.3 Å². The van der Waals surface area contributed by atoms with E-state index in [2.05, 4.69) is 15.4 Å². The van der Waals surface area contributed by atoms with Crippen molar-refractivity contribution in [3.8, 4) is 28.5 Å². The molecule has 0 saturated heterocycles. The zero-order valence-corrected chi connectivity index (χ0v) is 36.3. The van der Waals surface area contributed by atoms with Crippen LogP contribution in [0.3, 0.4) is 0 Å². The Bertz CT molecular complexity index is 2670. The number of amides is 1. The van der Waals surface area contributed by atoms with Gasteiger partial charge in [0.1, 0.15) is 29.4 Å². The number of pyridine rings is 1. The maximum absolute atomic E-state index is 18.0. The van der Waals surface area contributed by atoms with Gasteiger partial charge in [0.05, 0.1) is 61.9 Å². The summed E-state index contributed by atoms with van der Waals surface area (Å²) in [7, 11) is 4.65. The normalized spacial score (nSPS) is 18.6. The fourth-order valence-corrected chi connectivity index (χ4v) is 9.11. The summed E-state index contributed by atoms with van der Waals surface area (Å²) in [5, 5.41) is 8.40. The molecule has 4 heterocycles. The average molecular weight is 857 g/mol. The Morgan fingerprint density at radius 1 is 0.905 bits per heavy atom. The lowest BCUT2D eigenvalue weighted by molar-refractivity contribution is -0.219. The molecule has 1 amide bonds. The van der Waals surface area contributed by atoms with Crippen LogP contribution in [0.2, 0.25) is 0 Å². The number of hydrogen-bond acceptors (Lipinski definition) is 13. The van der Waals surface area contributed by atoms with Crippen molar-refractivity contribution >= 4 is 46.0 Å². The number of ether oxygens (including phenoxy) is 5. The lowest BCUT2D eigenvalue weighted by Gasteiger charge is -2.67. The number of halogens is 1. The molecular weight excluding hydrogens is 808 g/mol. The Balaban J connectivity index is 1.16. The van der Waals surface area contributed by atoms with Gasteiger partial charge in [-0.1, -0.05) is 24.3 Å². The van der Waals surface area contributed by atoms with Gasteiger partial charge in [-0.15, -0.1) is 0 Å². The third-order valence-electron chi connectivity index (χ3n) is 12.1. The summed E-state index contributed by atoms with van der Waals surface area (Å²) in [4.78, 5) is 43.7. The van der Waals surface area contributed by atoms with Crippen LogP contribution in [0.15, 0.2) is 79.4 Å². The highest BCUT2D eigenvalue weighted by molar-refractivity contribution is 5.99. The highest BCUT2D eigenvalue weighted by Gasteiger charge is 2.74. The molecule has 15 nitrogen and oxygen atoms in total. The van der Waals surface area contributed by atoms with E-state index in [9.17, 15) is 9.59 Å². The number of hydrogen-bond donors (Lipinski definition) is 1. The lowest BCUT2D eigenvalue weighted by Crippen LogP contribution is -2.71. The molecule has 0 unspecified atom stereocenters. The Hall–Kier alpha value is -6.97. The van der Waals surface area contributed by atoms with Crippen molar-refractivity contribution in [1.82, 2.24) is 24.7 Å². The molecule has 2 bridgehead atoms. The number of esters is 1. The predicted octanol–water partition coefficient (Wildman–Crippen LogP) is 8.49. The first-order valence-corrected chi connectivity index (χ1v) is 20.8. The number of methoxy groups -OCH3 is 3. The molecule has 0 atom stereocenters. The van der Waals surface area contributed by atoms with E-state index in [1.807, 2.05) is 71.2 Å². The molecule has 63 heavy (non-hydrogen) atoms. The minimum absolute atomic E-state index is 0.170. The van der Waals surface area contributed by atoms with E-state index in [-0.39, 0.29) is 47.7 Å². The molecule has 3 aromatic heterocycles. The summed E-state index contributed by atoms with van der Waals surface area (Å²) in [5.41, 5.74) is 3.48. The van der Waals surface area contributed by atoms with Gasteiger partial charge < -0.3 is 33.9 Å². The highest BCUT2D eigenvalue weighted by Crippen LogP contribution is 2.71. The zero-order chi connectivity index (χ0) is 44.3. The van der Waals surface area contributed by atoms with Crippen molar-refractivity contribution < 1.29 is 37.7 Å². The number of nitrogens with zero attached hydrogens (tertiary/aromatic N) is 7. The summed E-state index contributed by atoms with van der Waals surface area (Å²) >= 11 is 0. The molecule has 326 valence electrons. The van der Waals surface area contributed by atoms with Crippen LogP contribution in [0.25, 0.3) is 22.0 Å². The summed E-state index contributed by atoms with van der Waals surface area (Å²) in [6, 6.07) is 17.0. The molecule has 3 aromatic carbocycles. The first kappa shape index (κ1) is 41.4. The third kappa shape index (κ3) is 7.56. The van der Waals surface area contributed by atoms with Crippen LogP contribution >= 0.6 is 0 Å². The minimum atomic E-state index is -0.750. The Labute approximate surface area is 364 Å². The molecule has 16 heteroatoms. The molecule has 3 fully saturated rings. The third-order valence-corrected chi connectivity index (χ3v) is 12.1. The number of rotatable bonds is 12. The van der Waals surface area contributed by atoms with Gasteiger partial charge in [-0.25, -0.2) is 24.1 Å². The topological polar surface area (TPSA) is 155 Å². The van der Waals surface area contributed by atoms with Crippen molar-refractivity contribution in [1.29, 1.82) is 0 Å². The molecule has 1 N–H and O–H groups in total. The van der Waals surface area contributed by atoms with E-state index in [1.54, 1.807) is 59.6 Å². The van der Waals surface area contributed by atoms with Crippen molar-refractivity contribution in [3.63, 3.8) is 0 Å². The molecule has 6 aromatic rings. The average Bonchev–Trinajstić information content (AvgIpc) is 3.70. The maximum atomic E-state index is 18.0. The van der Waals surface area contributed by atoms with Crippen molar-refractivity contribution in [3.05, 3.63) is 102 Å². The Morgan fingerprint density at radius 3 is 2.16 bits per heavy atom. The molecule has 4 aliphatic rings. The second-order valence-electron chi connectivity index (χ2n) is 17.5. The van der Waals surface area contributed by atoms with Gasteiger partial charge in [-0.2, -0.15) is 5.10 Å². The fourth-order valence-electron chi connectivity index (χ4n) is 9.11. The second-order valence-corrected chi connectivity index (χ2v) is 17.5. The lowest BCUT2D eigenvalue weighted by atomic mass is 9.39. The van der Waals surface area contributed by atoms with Gasteiger partial charge >= 0.3 is 12.1 Å². The standard InChI is InChI=1S/C47H49FN8O7/c1-28-35(20-49-41-39(28)55(16-17-62-41)44(58)63-45(2,3)4)34-18-37-36(21-50-43(53-37)52-31-19-51-56(24-31)47-25-46(26-47,27-47)42(57)61-7)40(38(34)48)54(22-29-8-12-32(59-5)13-9-29)23-30-10-14-33(60-6)15-11-30/h8-15,18-21,24H,16-17,22-23,25-27H2,1-7H3,(H,50,52,53). The minimum Gasteiger partial charge on any atom is -0.497 e. The van der Waals surface area contributed by atoms with Crippen LogP contribution in [0.1, 0.15) is 56.7 Å². The summed E-state index contributed by atoms with van der Waals surface area (Å²) < 4.78 is 47.5. The number of benzene rings is 3. The van der Waals surface area contributed by atoms with Gasteiger partial charge in [0.2, 0.25) is 11.8 Å². The molecule has 0 spiro atoms. The first-order chi connectivity index (χ1) is 30.2. The van der Waals surface area contributed by atoms with E-state index in [0.717, 1.165) is 11.1 Å². The van der Waals surface area contributed by atoms with Gasteiger partial charge in [0.15, 0.2) is 5.82 Å². The molecule has 0 radical (unpaired) electrons. The van der Waals surface area contributed by atoms with Crippen LogP contribution in [0.5, 0.6) is 17.4 Å². The number of aromatic nitrogens is 5. The van der Waals surface area contributed by atoms with Crippen LogP contribution in [-0.4, -0.2) is 76.9 Å². The molecule has 10 rings (SSSR count). The molecule has 3 saturated carbocycles. The summed E-state index contributed by atoms with van der Waals surface area (Å²) in [5.74, 6) is 1.24. The summed E-state index contributed by atoms with van der Waals surface area (Å²) in [6.45, 7) is 8.30. The van der Waals surface area contributed by atoms with Gasteiger partial charge in [0.25, 0.3) is 0 Å². The fraction of sp³-hybridized carbons (Fsp3) is 0.362. The number of anilines is 4. The largest absolute Gasteiger partial charge is 0.497 e. The monoisotopic (exact) mass is 856 g/mol. The van der Waals surface area contributed by atoms with Gasteiger partial charge in [-0.3, -0.25) is 14.4 Å². The van der Waals surface area contributed by atoms with E-state index >= 15 is 4.39 Å². The number of carbonyl (C=O) groups is 2. The van der Waals surface area contributed by atoms with E-state index in [1.165, 1.54) is 12.0 Å². The molecule has 3 aliphatic carbocycles. The predicted molar refractivity (Wildman–Crippen MR) is 234 cm³/mol. The SMILES string of the molecule is COC(=O)C12CC(n3cc(Nc4ncc5c(N(Cc6ccc(OC)cc6)Cc6ccc(OC)cc6)c(F)c(-c6cnc7c(c6C)N(C(=O)OC(C)(C)C)CCO7)cc5n4)cn3)(C1)C2. The van der Waals surface area contributed by atoms with E-state index < -0.39 is 22.9 Å². The quantitative estimate of drug-likeness (QED) is 0.117. The number of carbonyl (C=O) groups excluding carboxylic acids is 2. The second kappa shape index (κ2) is 15.7. The van der Waals surface area contributed by atoms with Crippen molar-refractivity contribution in [2.45, 2.75) is 71.2 Å². The van der Waals surface area contributed by atoms with E-state index in [4.69, 9.17) is 33.7 Å². The highest BCUT2D eigenvalue weighted by atomic mass is 19.1. The van der Waals surface area contributed by atoms with Crippen LogP contribution in [-0.2, 0) is 32.9 Å². The van der Waals surface area contributed by atoms with Crippen LogP contribution in [0, 0.1) is 18.2 Å². The molecule has 1 aliphatic heterocycles. The van der Waals surface area contributed by atoms with Crippen LogP contribution in [0.4, 0.5) is 32.2 Å². The van der Waals surface area contributed by atoms with Gasteiger partial charge in [0, 0.05) is 48.2 Å². The zero-order valence-electron chi connectivity index (χ0n) is 36.3. The molecular formula is C47H49FN8O7. The van der Waals surface area contributed by atoms with Crippen molar-refractivity contribution in [2.75, 3.05) is 49.6 Å². The Morgan fingerprint density at radius 2 is 1.56 bits per heavy atom. The number of fused-ring (bicyclic) bond motifs is 2. The maximum Gasteiger partial charge on any atom is 0.415 e. The smallest absolute Gasteiger partial charge is 0.415 e. The number of nitrogens with one attached hydrogen (secondary N) is 1. The Kier molecular flexibility index (Phi) is 10.3. The summed E-state index contributed by atoms with van der Waals surface area (Å²) in [6.07, 6.45) is 8.28. The van der Waals surface area contributed by atoms with Gasteiger partial charge in [-0.05, 0) is 94.0 Å². The first-order valence-electron chi connectivity index (χ1n) is 20.8. The van der Waals surface area contributed by atoms with Crippen molar-refractivity contribution in [2.24, 2.45) is 5.41 Å².